The molecule has 0 amide bonds. The van der Waals surface area contributed by atoms with Crippen molar-refractivity contribution in [1.29, 1.82) is 0 Å². The molecule has 0 bridgehead atoms. The molecular formula is C21H20FN3. The Morgan fingerprint density at radius 3 is 2.40 bits per heavy atom. The summed E-state index contributed by atoms with van der Waals surface area (Å²) in [6, 6.07) is 21.0. The number of piperazine rings is 1. The van der Waals surface area contributed by atoms with Crippen LogP contribution in [0.5, 0.6) is 0 Å². The minimum Gasteiger partial charge on any atom is -0.354 e. The Morgan fingerprint density at radius 1 is 0.880 bits per heavy atom. The maximum Gasteiger partial charge on any atom is 0.137 e. The molecule has 3 aromatic carbocycles. The van der Waals surface area contributed by atoms with Gasteiger partial charge in [0.15, 0.2) is 0 Å². The van der Waals surface area contributed by atoms with Gasteiger partial charge in [0.05, 0.1) is 5.69 Å². The fourth-order valence-corrected chi connectivity index (χ4v) is 3.24. The number of rotatable bonds is 2. The molecule has 0 radical (unpaired) electrons. The number of nitrogens with one attached hydrogen (secondary N) is 1. The third kappa shape index (κ3) is 3.39. The van der Waals surface area contributed by atoms with Crippen LogP contribution in [0.25, 0.3) is 10.8 Å². The average molecular weight is 333 g/mol. The van der Waals surface area contributed by atoms with Crippen LogP contribution in [0.3, 0.4) is 0 Å². The Kier molecular flexibility index (Phi) is 4.44. The number of nitrogens with zero attached hydrogens (tertiary/aromatic N) is 2. The van der Waals surface area contributed by atoms with E-state index < -0.39 is 0 Å². The first-order valence-corrected chi connectivity index (χ1v) is 8.59. The van der Waals surface area contributed by atoms with E-state index in [9.17, 15) is 4.39 Å². The lowest BCUT2D eigenvalue weighted by Gasteiger charge is -2.31. The predicted octanol–water partition coefficient (Wildman–Crippen LogP) is 3.96. The van der Waals surface area contributed by atoms with E-state index >= 15 is 0 Å². The summed E-state index contributed by atoms with van der Waals surface area (Å²) in [5.41, 5.74) is 1.88. The van der Waals surface area contributed by atoms with E-state index in [1.165, 1.54) is 22.9 Å². The SMILES string of the molecule is Fc1ccc(N=C(c2cccc3ccccc23)N2CCNCC2)cc1. The standard InChI is InChI=1S/C21H20FN3/c22-17-8-10-18(11-9-17)24-21(25-14-12-23-13-15-25)20-7-3-5-16-4-1-2-6-19(16)20/h1-11,23H,12-15H2. The van der Waals surface area contributed by atoms with E-state index in [1.807, 2.05) is 6.07 Å². The van der Waals surface area contributed by atoms with Gasteiger partial charge in [0.1, 0.15) is 11.7 Å². The number of hydrogen-bond donors (Lipinski definition) is 1. The zero-order chi connectivity index (χ0) is 17.1. The van der Waals surface area contributed by atoms with Gasteiger partial charge in [-0.1, -0.05) is 42.5 Å². The highest BCUT2D eigenvalue weighted by atomic mass is 19.1. The van der Waals surface area contributed by atoms with Crippen LogP contribution >= 0.6 is 0 Å². The van der Waals surface area contributed by atoms with Crippen LogP contribution in [0.1, 0.15) is 5.56 Å². The van der Waals surface area contributed by atoms with Gasteiger partial charge in [-0.15, -0.1) is 0 Å². The fraction of sp³-hybridized carbons (Fsp3) is 0.190. The van der Waals surface area contributed by atoms with Crippen LogP contribution < -0.4 is 5.32 Å². The minimum absolute atomic E-state index is 0.243. The first-order chi connectivity index (χ1) is 12.3. The molecule has 3 aromatic rings. The maximum atomic E-state index is 13.2. The number of aliphatic imine (C=N–C) groups is 1. The summed E-state index contributed by atoms with van der Waals surface area (Å²) in [6.07, 6.45) is 0. The van der Waals surface area contributed by atoms with Crippen LogP contribution in [0.4, 0.5) is 10.1 Å². The molecular weight excluding hydrogens is 313 g/mol. The predicted molar refractivity (Wildman–Crippen MR) is 101 cm³/mol. The third-order valence-corrected chi connectivity index (χ3v) is 4.51. The van der Waals surface area contributed by atoms with Gasteiger partial charge in [-0.25, -0.2) is 9.38 Å². The van der Waals surface area contributed by atoms with Crippen molar-refractivity contribution in [2.75, 3.05) is 26.2 Å². The van der Waals surface area contributed by atoms with Gasteiger partial charge in [0, 0.05) is 31.7 Å². The van der Waals surface area contributed by atoms with Gasteiger partial charge in [0.2, 0.25) is 0 Å². The normalized spacial score (nSPS) is 15.6. The van der Waals surface area contributed by atoms with Crippen LogP contribution in [0.15, 0.2) is 71.7 Å². The number of halogens is 1. The van der Waals surface area contributed by atoms with Gasteiger partial charge in [0.25, 0.3) is 0 Å². The lowest BCUT2D eigenvalue weighted by molar-refractivity contribution is 0.358. The van der Waals surface area contributed by atoms with E-state index in [0.29, 0.717) is 0 Å². The minimum atomic E-state index is -0.243. The van der Waals surface area contributed by atoms with Crippen molar-refractivity contribution >= 4 is 22.3 Å². The summed E-state index contributed by atoms with van der Waals surface area (Å²) in [5, 5.41) is 5.76. The van der Waals surface area contributed by atoms with E-state index in [4.69, 9.17) is 4.99 Å². The number of amidine groups is 1. The first kappa shape index (κ1) is 15.8. The van der Waals surface area contributed by atoms with Crippen LogP contribution in [0.2, 0.25) is 0 Å². The number of benzene rings is 3. The molecule has 1 saturated heterocycles. The van der Waals surface area contributed by atoms with E-state index in [0.717, 1.165) is 43.3 Å². The summed E-state index contributed by atoms with van der Waals surface area (Å²) in [7, 11) is 0. The zero-order valence-corrected chi connectivity index (χ0v) is 14.0. The van der Waals surface area contributed by atoms with Gasteiger partial charge in [-0.3, -0.25) is 0 Å². The molecule has 0 aliphatic carbocycles. The van der Waals surface area contributed by atoms with Crippen LogP contribution in [0, 0.1) is 5.82 Å². The number of hydrogen-bond acceptors (Lipinski definition) is 2. The highest BCUT2D eigenvalue weighted by Crippen LogP contribution is 2.23. The Balaban J connectivity index is 1.85. The molecule has 1 fully saturated rings. The zero-order valence-electron chi connectivity index (χ0n) is 14.0. The first-order valence-electron chi connectivity index (χ1n) is 8.59. The second-order valence-electron chi connectivity index (χ2n) is 6.18. The molecule has 4 rings (SSSR count). The molecule has 0 atom stereocenters. The Bertz CT molecular complexity index is 891. The molecule has 3 nitrogen and oxygen atoms in total. The maximum absolute atomic E-state index is 13.2. The summed E-state index contributed by atoms with van der Waals surface area (Å²) < 4.78 is 13.2. The lowest BCUT2D eigenvalue weighted by Crippen LogP contribution is -2.46. The summed E-state index contributed by atoms with van der Waals surface area (Å²) in [6.45, 7) is 3.69. The molecule has 126 valence electrons. The molecule has 1 aliphatic heterocycles. The van der Waals surface area contributed by atoms with E-state index in [-0.39, 0.29) is 5.82 Å². The molecule has 0 spiro atoms. The summed E-state index contributed by atoms with van der Waals surface area (Å²) in [5.74, 6) is 0.706. The van der Waals surface area contributed by atoms with Gasteiger partial charge in [-0.05, 0) is 35.0 Å². The highest BCUT2D eigenvalue weighted by Gasteiger charge is 2.18. The topological polar surface area (TPSA) is 27.6 Å². The second kappa shape index (κ2) is 7.03. The Labute approximate surface area is 146 Å². The van der Waals surface area contributed by atoms with Crippen LogP contribution in [-0.2, 0) is 0 Å². The van der Waals surface area contributed by atoms with Crippen LogP contribution in [-0.4, -0.2) is 36.9 Å². The molecule has 1 heterocycles. The summed E-state index contributed by atoms with van der Waals surface area (Å²) in [4.78, 5) is 7.20. The smallest absolute Gasteiger partial charge is 0.137 e. The molecule has 1 aliphatic rings. The largest absolute Gasteiger partial charge is 0.354 e. The van der Waals surface area contributed by atoms with E-state index in [2.05, 4.69) is 46.6 Å². The van der Waals surface area contributed by atoms with Crippen molar-refractivity contribution < 1.29 is 4.39 Å². The van der Waals surface area contributed by atoms with Crippen molar-refractivity contribution in [3.63, 3.8) is 0 Å². The number of fused-ring (bicyclic) bond motifs is 1. The quantitative estimate of drug-likeness (QED) is 0.568. The Hall–Kier alpha value is -2.72. The van der Waals surface area contributed by atoms with Gasteiger partial charge < -0.3 is 10.2 Å². The van der Waals surface area contributed by atoms with Crippen molar-refractivity contribution in [1.82, 2.24) is 10.2 Å². The molecule has 0 aromatic heterocycles. The van der Waals surface area contributed by atoms with Gasteiger partial charge >= 0.3 is 0 Å². The van der Waals surface area contributed by atoms with Crippen molar-refractivity contribution in [3.8, 4) is 0 Å². The third-order valence-electron chi connectivity index (χ3n) is 4.51. The van der Waals surface area contributed by atoms with Crippen molar-refractivity contribution in [2.24, 2.45) is 4.99 Å². The highest BCUT2D eigenvalue weighted by molar-refractivity contribution is 6.10. The molecule has 4 heteroatoms. The van der Waals surface area contributed by atoms with Crippen molar-refractivity contribution in [2.45, 2.75) is 0 Å². The van der Waals surface area contributed by atoms with Crippen molar-refractivity contribution in [3.05, 3.63) is 78.1 Å². The average Bonchev–Trinajstić information content (AvgIpc) is 2.68. The Morgan fingerprint density at radius 2 is 1.60 bits per heavy atom. The van der Waals surface area contributed by atoms with Gasteiger partial charge in [-0.2, -0.15) is 0 Å². The lowest BCUT2D eigenvalue weighted by atomic mass is 10.0. The molecule has 0 unspecified atom stereocenters. The monoisotopic (exact) mass is 333 g/mol. The summed E-state index contributed by atoms with van der Waals surface area (Å²) >= 11 is 0. The molecule has 25 heavy (non-hydrogen) atoms. The van der Waals surface area contributed by atoms with E-state index in [1.54, 1.807) is 12.1 Å². The molecule has 0 saturated carbocycles. The molecule has 1 N–H and O–H groups in total. The second-order valence-corrected chi connectivity index (χ2v) is 6.18. The fourth-order valence-electron chi connectivity index (χ4n) is 3.24.